The second-order valence-corrected chi connectivity index (χ2v) is 22.2. The number of benzene rings is 8. The number of aliphatic hydroxyl groups is 1. The number of aromatic amines is 9. The van der Waals surface area contributed by atoms with Gasteiger partial charge in [0.2, 0.25) is 5.95 Å². The van der Waals surface area contributed by atoms with Crippen molar-refractivity contribution in [2.24, 2.45) is 0 Å². The molecule has 0 spiro atoms. The fourth-order valence-electron chi connectivity index (χ4n) is 10.3. The highest BCUT2D eigenvalue weighted by atomic mass is 19.2. The molecule has 0 aliphatic heterocycles. The number of imidazole rings is 1. The molecule has 24 nitrogen and oxygen atoms in total. The fraction of sp³-hybridized carbons (Fsp3) is 0.0143. The first-order valence-electron chi connectivity index (χ1n) is 30.2. The van der Waals surface area contributed by atoms with Gasteiger partial charge in [-0.25, -0.2) is 59.9 Å². The molecule has 0 saturated carbocycles. The summed E-state index contributed by atoms with van der Waals surface area (Å²) in [6.45, 7) is -0.200. The van der Waals surface area contributed by atoms with Crippen LogP contribution < -0.4 is 23.0 Å². The van der Waals surface area contributed by atoms with E-state index in [0.29, 0.717) is 78.5 Å². The molecule has 0 unspecified atom stereocenters. The maximum atomic E-state index is 14.4. The number of nitrogens with two attached hydrogens (primary N) is 2. The van der Waals surface area contributed by atoms with Gasteiger partial charge in [-0.05, 0) is 138 Å². The van der Waals surface area contributed by atoms with Crippen molar-refractivity contribution in [3.8, 4) is 45.6 Å². The first-order valence-corrected chi connectivity index (χ1v) is 30.2. The molecule has 0 bridgehead atoms. The number of H-pyrrole nitrogens is 9. The molecule has 0 radical (unpaired) electrons. The lowest BCUT2D eigenvalue weighted by Gasteiger charge is -2.01. The molecule has 16 rings (SSSR count). The van der Waals surface area contributed by atoms with Gasteiger partial charge in [-0.1, -0.05) is 72.8 Å². The number of nitrogens with one attached hydrogen (secondary N) is 9. The number of rotatable bonds is 13. The molecule has 8 aromatic carbocycles. The number of aliphatic hydroxyl groups excluding tert-OH is 1. The minimum Gasteiger partial charge on any atom is -0.390 e. The van der Waals surface area contributed by atoms with Crippen LogP contribution in [0, 0.1) is 46.5 Å². The Morgan fingerprint density at radius 3 is 1.30 bits per heavy atom. The molecule has 8 heterocycles. The lowest BCUT2D eigenvalue weighted by Crippen LogP contribution is -2.24. The maximum Gasteiger partial charge on any atom is 0.362 e. The number of fused-ring (bicyclic) bond motifs is 4. The predicted octanol–water partition coefficient (Wildman–Crippen LogP) is 12.6. The summed E-state index contributed by atoms with van der Waals surface area (Å²) in [5, 5.41) is 57.2. The number of nitrogen functional groups attached to an aromatic ring is 2. The van der Waals surface area contributed by atoms with Crippen molar-refractivity contribution < 1.29 is 40.2 Å². The van der Waals surface area contributed by atoms with E-state index in [4.69, 9.17) is 16.7 Å². The number of nitrogens with zero attached hydrogens (tertiary/aromatic N) is 10. The maximum absolute atomic E-state index is 14.4. The van der Waals surface area contributed by atoms with Crippen LogP contribution in [-0.4, -0.2) is 101 Å². The van der Waals surface area contributed by atoms with Crippen molar-refractivity contribution in [2.75, 3.05) is 11.6 Å². The van der Waals surface area contributed by atoms with E-state index < -0.39 is 34.6 Å². The minimum absolute atomic E-state index is 0.0825. The third-order valence-corrected chi connectivity index (χ3v) is 15.4. The zero-order valence-electron chi connectivity index (χ0n) is 52.2. The molecular formula is C70H49F8N21O3. The van der Waals surface area contributed by atoms with Crippen LogP contribution in [0.1, 0.15) is 50.7 Å². The van der Waals surface area contributed by atoms with E-state index in [1.54, 1.807) is 121 Å². The molecule has 0 fully saturated rings. The molecule has 102 heavy (non-hydrogen) atoms. The number of aromatic nitrogens is 19. The third kappa shape index (κ3) is 14.9. The zero-order chi connectivity index (χ0) is 71.1. The summed E-state index contributed by atoms with van der Waals surface area (Å²) in [5.41, 5.74) is 13.1. The minimum atomic E-state index is -0.607. The largest absolute Gasteiger partial charge is 0.390 e. The van der Waals surface area contributed by atoms with Gasteiger partial charge >= 0.3 is 11.4 Å². The van der Waals surface area contributed by atoms with E-state index in [9.17, 15) is 44.7 Å². The number of anilines is 1. The summed E-state index contributed by atoms with van der Waals surface area (Å²) < 4.78 is 110. The lowest BCUT2D eigenvalue weighted by molar-refractivity contribution is 0.277. The number of hydrogen-bond acceptors (Lipinski definition) is 14. The van der Waals surface area contributed by atoms with Gasteiger partial charge in [0.1, 0.15) is 51.5 Å². The van der Waals surface area contributed by atoms with Crippen LogP contribution in [-0.2, 0) is 6.61 Å². The molecule has 0 atom stereocenters. The van der Waals surface area contributed by atoms with Crippen LogP contribution in [0.2, 0.25) is 0 Å². The smallest absolute Gasteiger partial charge is 0.362 e. The monoisotopic (exact) mass is 1380 g/mol. The molecular weight excluding hydrogens is 1330 g/mol. The summed E-state index contributed by atoms with van der Waals surface area (Å²) in [6.07, 6.45) is 15.5. The van der Waals surface area contributed by atoms with Crippen molar-refractivity contribution >= 4 is 98.2 Å². The van der Waals surface area contributed by atoms with E-state index in [2.05, 4.69) is 91.3 Å². The summed E-state index contributed by atoms with van der Waals surface area (Å²) in [6, 6.07) is 35.9. The molecule has 14 N–H and O–H groups in total. The van der Waals surface area contributed by atoms with Crippen molar-refractivity contribution in [1.29, 1.82) is 0 Å². The molecule has 0 saturated heterocycles. The Hall–Kier alpha value is -14.2. The summed E-state index contributed by atoms with van der Waals surface area (Å²) in [5.74, 6) is 3.44. The Kier molecular flexibility index (Phi) is 18.8. The van der Waals surface area contributed by atoms with E-state index in [0.717, 1.165) is 32.3 Å². The average molecular weight is 1380 g/mol. The van der Waals surface area contributed by atoms with Crippen molar-refractivity contribution in [3.63, 3.8) is 0 Å². The van der Waals surface area contributed by atoms with Gasteiger partial charge in [0.05, 0.1) is 52.4 Å². The van der Waals surface area contributed by atoms with Gasteiger partial charge in [-0.15, -0.1) is 5.10 Å². The van der Waals surface area contributed by atoms with Gasteiger partial charge in [-0.3, -0.25) is 30.5 Å². The normalized spacial score (nSPS) is 11.6. The van der Waals surface area contributed by atoms with E-state index >= 15 is 0 Å². The highest BCUT2D eigenvalue weighted by Gasteiger charge is 2.19. The summed E-state index contributed by atoms with van der Waals surface area (Å²) in [4.78, 5) is 36.1. The SMILES string of the molecule is Nc1n[nH]c(-c2cc(F)c3n[nH]c(/C=C/c4ccc(F)cc4)c3c2)n1.Nn1c(-c2cc(F)c3n[nH]c(/C=C/c4ccc(F)cc4)c3c2)n[nH]c1=O.O=c1[nH]nc(-c2cc(F)c3n[nH]c(/C=C/c4ccc(F)cc4)c3c2)[nH]1.OCc1cnc(-c2cc3c(/C=C/c4ccc(F)cc4)n[nH]c3cc2F)[nH]1. The first-order chi connectivity index (χ1) is 49.4. The van der Waals surface area contributed by atoms with E-state index in [1.807, 2.05) is 0 Å². The van der Waals surface area contributed by atoms with Gasteiger partial charge in [-0.2, -0.15) is 40.3 Å². The molecule has 0 aliphatic carbocycles. The second-order valence-electron chi connectivity index (χ2n) is 22.2. The number of hydrogen-bond donors (Lipinski definition) is 12. The summed E-state index contributed by atoms with van der Waals surface area (Å²) >= 11 is 0. The van der Waals surface area contributed by atoms with Crippen molar-refractivity contribution in [2.45, 2.75) is 6.61 Å². The van der Waals surface area contributed by atoms with Crippen LogP contribution in [0.5, 0.6) is 0 Å². The van der Waals surface area contributed by atoms with Crippen LogP contribution >= 0.6 is 0 Å². The first kappa shape index (κ1) is 66.4. The highest BCUT2D eigenvalue weighted by Crippen LogP contribution is 2.32. The summed E-state index contributed by atoms with van der Waals surface area (Å²) in [7, 11) is 0. The second kappa shape index (κ2) is 28.9. The predicted molar refractivity (Wildman–Crippen MR) is 369 cm³/mol. The molecule has 0 amide bonds. The van der Waals surface area contributed by atoms with Gasteiger partial charge in [0, 0.05) is 44.3 Å². The van der Waals surface area contributed by atoms with Gasteiger partial charge in [0.15, 0.2) is 34.9 Å². The van der Waals surface area contributed by atoms with E-state index in [-0.39, 0.29) is 69.6 Å². The fourth-order valence-corrected chi connectivity index (χ4v) is 10.3. The Labute approximate surface area is 565 Å². The Bertz CT molecular complexity index is 5950. The van der Waals surface area contributed by atoms with Gasteiger partial charge < -0.3 is 21.7 Å². The molecule has 508 valence electrons. The van der Waals surface area contributed by atoms with Crippen molar-refractivity contribution in [1.82, 2.24) is 96.0 Å². The average Bonchev–Trinajstić information content (AvgIpc) is 1.61. The Morgan fingerprint density at radius 2 is 0.882 bits per heavy atom. The highest BCUT2D eigenvalue weighted by molar-refractivity contribution is 5.96. The van der Waals surface area contributed by atoms with E-state index in [1.165, 1.54) is 79.0 Å². The quantitative estimate of drug-likeness (QED) is 0.0377. The molecule has 8 aromatic heterocycles. The van der Waals surface area contributed by atoms with Crippen LogP contribution in [0.3, 0.4) is 0 Å². The van der Waals surface area contributed by atoms with Crippen LogP contribution in [0.4, 0.5) is 41.1 Å². The molecule has 0 aliphatic rings. The van der Waals surface area contributed by atoms with Gasteiger partial charge in [0.25, 0.3) is 0 Å². The topological polar surface area (TPSA) is 369 Å². The standard InChI is InChI=1S/C19H14F2N4O.C17H12F2N6O.C17H12F2N6.C17H11F2N5O/c20-12-4-1-11(2-5-12)3-6-17-15-7-14(16(21)8-18(15)25-24-17)19-22-9-13(10-26)23-19;18-11-4-1-9(2-5-11)3-6-14-12-7-10(8-13(19)15(12)22-21-14)16-23-24-17(26)25(16)20;18-11-4-1-9(2-5-11)3-6-14-12-7-10(16-21-17(20)25-24-16)8-13(19)15(12)23-22-14;18-11-4-1-9(2-5-11)3-6-14-12-7-10(16-20-17(25)24-23-16)8-13(19)15(12)22-21-14/h1-9,26H,10H2,(H,22,23)(H,24,25);1-8H,20H2,(H,21,22)(H,24,26);1-8H,(H,22,23)(H3,20,21,24,25);1-8H,(H,21,22)(H2,20,23,24,25)/b4*6-3+. The Morgan fingerprint density at radius 1 is 0.422 bits per heavy atom. The molecule has 16 aromatic rings. The number of halogens is 8. The lowest BCUT2D eigenvalue weighted by atomic mass is 10.1. The Balaban J connectivity index is 0.000000121. The third-order valence-electron chi connectivity index (χ3n) is 15.4. The zero-order valence-corrected chi connectivity index (χ0v) is 52.2. The van der Waals surface area contributed by atoms with Crippen molar-refractivity contribution in [3.05, 3.63) is 270 Å². The van der Waals surface area contributed by atoms with Crippen LogP contribution in [0.15, 0.2) is 161 Å². The molecule has 32 heteroatoms. The van der Waals surface area contributed by atoms with Crippen LogP contribution in [0.25, 0.3) is 138 Å².